The molecule has 130 valence electrons. The fourth-order valence-corrected chi connectivity index (χ4v) is 2.60. The Kier molecular flexibility index (Phi) is 4.80. The number of aromatic nitrogens is 2. The molecule has 1 fully saturated rings. The van der Waals surface area contributed by atoms with Crippen LogP contribution in [-0.2, 0) is 11.3 Å². The quantitative estimate of drug-likeness (QED) is 0.477. The molecule has 1 N–H and O–H groups in total. The van der Waals surface area contributed by atoms with Gasteiger partial charge in [-0.1, -0.05) is 11.6 Å². The third-order valence-electron chi connectivity index (χ3n) is 3.82. The lowest BCUT2D eigenvalue weighted by molar-refractivity contribution is -0.384. The van der Waals surface area contributed by atoms with E-state index in [0.29, 0.717) is 17.0 Å². The van der Waals surface area contributed by atoms with Gasteiger partial charge in [0.1, 0.15) is 0 Å². The number of nitrogens with one attached hydrogen (secondary N) is 1. The molecule has 1 saturated carbocycles. The van der Waals surface area contributed by atoms with E-state index in [9.17, 15) is 14.9 Å². The Morgan fingerprint density at radius 2 is 2.24 bits per heavy atom. The Hall–Kier alpha value is -2.74. The topological polar surface area (TPSA) is 107 Å². The number of nitrogens with zero attached hydrogens (tertiary/aromatic N) is 3. The van der Waals surface area contributed by atoms with Crippen molar-refractivity contribution in [1.29, 1.82) is 0 Å². The molecule has 0 radical (unpaired) electrons. The molecule has 3 rings (SSSR count). The maximum Gasteiger partial charge on any atom is 0.339 e. The summed E-state index contributed by atoms with van der Waals surface area (Å²) in [6.07, 6.45) is 3.30. The molecule has 0 bridgehead atoms. The monoisotopic (exact) mass is 362 g/mol. The third-order valence-corrected chi connectivity index (χ3v) is 4.03. The van der Waals surface area contributed by atoms with E-state index in [-0.39, 0.29) is 29.0 Å². The summed E-state index contributed by atoms with van der Waals surface area (Å²) < 4.78 is 4.79. The van der Waals surface area contributed by atoms with Crippen LogP contribution in [0.15, 0.2) is 24.4 Å². The molecule has 0 aromatic carbocycles. The Bertz CT molecular complexity index is 839. The zero-order valence-electron chi connectivity index (χ0n) is 13.4. The van der Waals surface area contributed by atoms with E-state index in [2.05, 4.69) is 15.3 Å². The molecule has 0 saturated heterocycles. The molecule has 2 aromatic heterocycles. The highest BCUT2D eigenvalue weighted by atomic mass is 35.5. The van der Waals surface area contributed by atoms with Gasteiger partial charge in [0.25, 0.3) is 0 Å². The molecule has 1 aliphatic carbocycles. The van der Waals surface area contributed by atoms with Crippen molar-refractivity contribution in [1.82, 2.24) is 9.97 Å². The summed E-state index contributed by atoms with van der Waals surface area (Å²) in [4.78, 5) is 30.9. The zero-order chi connectivity index (χ0) is 18.0. The molecule has 8 nitrogen and oxygen atoms in total. The average Bonchev–Trinajstić information content (AvgIpc) is 3.44. The first-order valence-corrected chi connectivity index (χ1v) is 7.99. The van der Waals surface area contributed by atoms with Crippen molar-refractivity contribution in [2.24, 2.45) is 0 Å². The van der Waals surface area contributed by atoms with Gasteiger partial charge < -0.3 is 10.1 Å². The van der Waals surface area contributed by atoms with Gasteiger partial charge >= 0.3 is 11.7 Å². The summed E-state index contributed by atoms with van der Waals surface area (Å²) in [6.45, 7) is 0.233. The molecule has 9 heteroatoms. The van der Waals surface area contributed by atoms with Crippen molar-refractivity contribution in [2.45, 2.75) is 25.3 Å². The summed E-state index contributed by atoms with van der Waals surface area (Å²) >= 11 is 5.75. The van der Waals surface area contributed by atoms with Gasteiger partial charge in [-0.3, -0.25) is 15.1 Å². The van der Waals surface area contributed by atoms with Crippen molar-refractivity contribution in [3.8, 4) is 0 Å². The van der Waals surface area contributed by atoms with Gasteiger partial charge in [0.05, 0.1) is 40.6 Å². The molecule has 0 amide bonds. The normalized spacial score (nSPS) is 13.4. The smallest absolute Gasteiger partial charge is 0.339 e. The summed E-state index contributed by atoms with van der Waals surface area (Å²) in [5.74, 6) is -0.0397. The predicted octanol–water partition coefficient (Wildman–Crippen LogP) is 3.31. The van der Waals surface area contributed by atoms with Crippen LogP contribution < -0.4 is 5.32 Å². The van der Waals surface area contributed by atoms with Crippen LogP contribution in [0.1, 0.15) is 40.5 Å². The summed E-state index contributed by atoms with van der Waals surface area (Å²) in [7, 11) is 1.33. The second-order valence-electron chi connectivity index (χ2n) is 5.63. The molecule has 0 aliphatic heterocycles. The molecule has 1 aliphatic rings. The maximum absolute atomic E-state index is 11.8. The van der Waals surface area contributed by atoms with E-state index in [1.54, 1.807) is 12.1 Å². The number of ether oxygens (including phenoxy) is 1. The first kappa shape index (κ1) is 17.1. The lowest BCUT2D eigenvalue weighted by Crippen LogP contribution is -2.11. The van der Waals surface area contributed by atoms with Gasteiger partial charge in [0.2, 0.25) is 5.82 Å². The van der Waals surface area contributed by atoms with Crippen molar-refractivity contribution in [3.63, 3.8) is 0 Å². The van der Waals surface area contributed by atoms with Crippen LogP contribution in [-0.4, -0.2) is 28.0 Å². The largest absolute Gasteiger partial charge is 0.465 e. The number of halogens is 1. The van der Waals surface area contributed by atoms with Gasteiger partial charge in [0.15, 0.2) is 0 Å². The van der Waals surface area contributed by atoms with Crippen LogP contribution in [0, 0.1) is 10.1 Å². The van der Waals surface area contributed by atoms with Crippen LogP contribution >= 0.6 is 11.6 Å². The van der Waals surface area contributed by atoms with Gasteiger partial charge in [0, 0.05) is 18.2 Å². The number of esters is 1. The van der Waals surface area contributed by atoms with Crippen LogP contribution in [0.2, 0.25) is 5.02 Å². The predicted molar refractivity (Wildman–Crippen MR) is 90.8 cm³/mol. The van der Waals surface area contributed by atoms with Crippen molar-refractivity contribution in [3.05, 3.63) is 56.5 Å². The van der Waals surface area contributed by atoms with Crippen molar-refractivity contribution >= 4 is 29.1 Å². The number of rotatable bonds is 6. The Labute approximate surface area is 148 Å². The van der Waals surface area contributed by atoms with E-state index in [4.69, 9.17) is 16.3 Å². The number of anilines is 1. The van der Waals surface area contributed by atoms with Crippen LogP contribution in [0.25, 0.3) is 0 Å². The second-order valence-corrected chi connectivity index (χ2v) is 6.07. The van der Waals surface area contributed by atoms with Gasteiger partial charge in [-0.25, -0.2) is 9.78 Å². The van der Waals surface area contributed by atoms with Crippen molar-refractivity contribution < 1.29 is 14.5 Å². The van der Waals surface area contributed by atoms with Gasteiger partial charge in [-0.2, -0.15) is 0 Å². The fraction of sp³-hybridized carbons (Fsp3) is 0.312. The third kappa shape index (κ3) is 3.85. The first-order chi connectivity index (χ1) is 12.0. The minimum atomic E-state index is -0.551. The first-order valence-electron chi connectivity index (χ1n) is 7.61. The number of carbonyl (C=O) groups is 1. The molecule has 25 heavy (non-hydrogen) atoms. The minimum Gasteiger partial charge on any atom is -0.465 e. The van der Waals surface area contributed by atoms with Gasteiger partial charge in [-0.15, -0.1) is 0 Å². The fourth-order valence-electron chi connectivity index (χ4n) is 2.44. The van der Waals surface area contributed by atoms with Crippen LogP contribution in [0.5, 0.6) is 0 Å². The number of nitro groups is 1. The van der Waals surface area contributed by atoms with E-state index < -0.39 is 10.9 Å². The zero-order valence-corrected chi connectivity index (χ0v) is 14.1. The highest BCUT2D eigenvalue weighted by Crippen LogP contribution is 2.40. The van der Waals surface area contributed by atoms with Crippen LogP contribution in [0.4, 0.5) is 11.5 Å². The highest BCUT2D eigenvalue weighted by molar-refractivity contribution is 6.30. The number of carbonyl (C=O) groups excluding carboxylic acids is 1. The number of methoxy groups -OCH3 is 1. The second kappa shape index (κ2) is 7.02. The lowest BCUT2D eigenvalue weighted by atomic mass is 10.1. The van der Waals surface area contributed by atoms with E-state index in [0.717, 1.165) is 12.8 Å². The highest BCUT2D eigenvalue weighted by Gasteiger charge is 2.30. The number of hydrogen-bond acceptors (Lipinski definition) is 7. The number of hydrogen-bond donors (Lipinski definition) is 1. The Morgan fingerprint density at radius 3 is 2.88 bits per heavy atom. The molecule has 2 heterocycles. The average molecular weight is 363 g/mol. The molecule has 2 aromatic rings. The summed E-state index contributed by atoms with van der Waals surface area (Å²) in [6, 6.07) is 4.60. The molecule has 0 atom stereocenters. The van der Waals surface area contributed by atoms with Crippen molar-refractivity contribution in [2.75, 3.05) is 12.4 Å². The van der Waals surface area contributed by atoms with Crippen LogP contribution in [0.3, 0.4) is 0 Å². The Balaban J connectivity index is 1.81. The maximum atomic E-state index is 11.8. The van der Waals surface area contributed by atoms with E-state index in [1.807, 2.05) is 0 Å². The SMILES string of the molecule is COC(=O)c1ccc(CNc2ncc(Cl)cc2[N+](=O)[O-])nc1C1CC1. The Morgan fingerprint density at radius 1 is 1.48 bits per heavy atom. The summed E-state index contributed by atoms with van der Waals surface area (Å²) in [5.41, 5.74) is 1.62. The standard InChI is InChI=1S/C16H15ClN4O4/c1-25-16(22)12-5-4-11(20-14(12)9-2-3-9)8-19-15-13(21(23)24)6-10(17)7-18-15/h4-7,9H,2-3,8H2,1H3,(H,18,19). The van der Waals surface area contributed by atoms with E-state index in [1.165, 1.54) is 19.4 Å². The summed E-state index contributed by atoms with van der Waals surface area (Å²) in [5, 5.41) is 14.2. The lowest BCUT2D eigenvalue weighted by Gasteiger charge is -2.10. The van der Waals surface area contributed by atoms with Gasteiger partial charge in [-0.05, 0) is 25.0 Å². The molecular formula is C16H15ClN4O4. The molecule has 0 unspecified atom stereocenters. The molecular weight excluding hydrogens is 348 g/mol. The van der Waals surface area contributed by atoms with E-state index >= 15 is 0 Å². The molecule has 0 spiro atoms. The number of pyridine rings is 2. The minimum absolute atomic E-state index is 0.112.